The Morgan fingerprint density at radius 1 is 0.686 bits per heavy atom. The summed E-state index contributed by atoms with van der Waals surface area (Å²) in [4.78, 5) is 10.5. The summed E-state index contributed by atoms with van der Waals surface area (Å²) in [6.45, 7) is 1.82. The molecule has 0 bridgehead atoms. The summed E-state index contributed by atoms with van der Waals surface area (Å²) in [5.74, 6) is -0.613. The molecule has 5 rings (SSSR count). The number of carbonyl (C=O) groups is 1. The van der Waals surface area contributed by atoms with Crippen molar-refractivity contribution in [1.29, 1.82) is 0 Å². The maximum absolute atomic E-state index is 10.5. The number of halogens is 2. The van der Waals surface area contributed by atoms with Gasteiger partial charge in [-0.05, 0) is 12.5 Å². The van der Waals surface area contributed by atoms with E-state index in [-0.39, 0.29) is 51.0 Å². The minimum Gasteiger partial charge on any atom is -1.00 e. The van der Waals surface area contributed by atoms with E-state index < -0.39 is 5.91 Å². The van der Waals surface area contributed by atoms with Crippen molar-refractivity contribution in [2.24, 2.45) is 0 Å². The molecule has 0 aromatic heterocycles. The Bertz CT molecular complexity index is 1180. The van der Waals surface area contributed by atoms with E-state index in [9.17, 15) is 4.79 Å². The van der Waals surface area contributed by atoms with E-state index in [0.29, 0.717) is 5.56 Å². The molecule has 2 nitrogen and oxygen atoms in total. The molecule has 0 unspecified atom stereocenters. The zero-order valence-electron chi connectivity index (χ0n) is 19.3. The van der Waals surface area contributed by atoms with Crippen molar-refractivity contribution < 1.29 is 55.8 Å². The van der Waals surface area contributed by atoms with E-state index in [4.69, 9.17) is 5.73 Å². The summed E-state index contributed by atoms with van der Waals surface area (Å²) in [7, 11) is 0.777. The SMILES string of the molecule is Cc1ccccc1C([NH-])=O.[Cl-].[Cl-].[Zr+4].c1ccc([Si]c2ccccc2)cc1.c1ccc2[cH-]ccc2c1. The molecule has 5 aromatic carbocycles. The van der Waals surface area contributed by atoms with Gasteiger partial charge in [0.15, 0.2) is 0 Å². The molecule has 0 atom stereocenters. The number of carbonyl (C=O) groups excluding carboxylic acids is 1. The first-order valence-corrected chi connectivity index (χ1v) is 11.4. The molecule has 35 heavy (non-hydrogen) atoms. The predicted octanol–water partition coefficient (Wildman–Crippen LogP) is 0.0932. The largest absolute Gasteiger partial charge is 4.00 e. The molecule has 0 aliphatic carbocycles. The first-order chi connectivity index (χ1) is 15.6. The first-order valence-electron chi connectivity index (χ1n) is 10.4. The van der Waals surface area contributed by atoms with Crippen LogP contribution < -0.4 is 35.2 Å². The zero-order chi connectivity index (χ0) is 22.6. The molecule has 5 aromatic rings. The normalized spacial score (nSPS) is 8.94. The molecule has 0 aliphatic rings. The molecule has 0 aliphatic heterocycles. The Kier molecular flexibility index (Phi) is 16.8. The molecule has 174 valence electrons. The summed E-state index contributed by atoms with van der Waals surface area (Å²) in [5.41, 5.74) is 8.17. The molecule has 1 N–H and O–H groups in total. The smallest absolute Gasteiger partial charge is 1.00 e. The van der Waals surface area contributed by atoms with Gasteiger partial charge < -0.3 is 35.3 Å². The fourth-order valence-corrected chi connectivity index (χ4v) is 4.16. The van der Waals surface area contributed by atoms with Gasteiger partial charge >= 0.3 is 26.2 Å². The van der Waals surface area contributed by atoms with Crippen LogP contribution in [0.5, 0.6) is 0 Å². The molecule has 0 spiro atoms. The molecule has 0 heterocycles. The Hall–Kier alpha value is -2.36. The number of rotatable bonds is 3. The number of benzene rings is 4. The molecule has 0 saturated carbocycles. The van der Waals surface area contributed by atoms with E-state index in [2.05, 4.69) is 103 Å². The van der Waals surface area contributed by atoms with Crippen LogP contribution in [0.25, 0.3) is 16.5 Å². The topological polar surface area (TPSA) is 40.9 Å². The van der Waals surface area contributed by atoms with Gasteiger partial charge in [0, 0.05) is 5.56 Å². The first kappa shape index (κ1) is 32.6. The van der Waals surface area contributed by atoms with Crippen LogP contribution in [0.3, 0.4) is 0 Å². The minimum absolute atomic E-state index is 0. The molecule has 6 heteroatoms. The van der Waals surface area contributed by atoms with Crippen LogP contribution in [0.1, 0.15) is 15.9 Å². The van der Waals surface area contributed by atoms with Crippen LogP contribution in [-0.2, 0) is 26.2 Å². The van der Waals surface area contributed by atoms with Gasteiger partial charge in [0.25, 0.3) is 0 Å². The van der Waals surface area contributed by atoms with Gasteiger partial charge in [-0.1, -0.05) is 101 Å². The maximum atomic E-state index is 10.5. The van der Waals surface area contributed by atoms with Gasteiger partial charge in [-0.25, -0.2) is 0 Å². The fourth-order valence-electron chi connectivity index (χ4n) is 3.11. The second kappa shape index (κ2) is 18.0. The third kappa shape index (κ3) is 11.3. The van der Waals surface area contributed by atoms with Crippen LogP contribution in [0, 0.1) is 6.92 Å². The standard InChI is InChI=1S/C12H10Si.C9H7.C8H9NO.2ClH.Zr/c1-3-7-11(8-4-1)13-12-9-5-2-6-10-12;1-2-5-9-7-3-6-8(9)4-1;1-6-4-2-3-5-7(6)8(9)10;;;/h1-10H;1-7H;2-5H,1H3,(H2,9,10);2*1H;/q;-1;;;;+4/p-3. The van der Waals surface area contributed by atoms with E-state index in [1.165, 1.54) is 21.1 Å². The Morgan fingerprint density at radius 3 is 1.66 bits per heavy atom. The molecule has 2 radical (unpaired) electrons. The maximum Gasteiger partial charge on any atom is 4.00 e. The summed E-state index contributed by atoms with van der Waals surface area (Å²) >= 11 is 0. The number of nitrogens with one attached hydrogen (secondary N) is 1. The molecule has 0 fully saturated rings. The van der Waals surface area contributed by atoms with Crippen LogP contribution in [0.2, 0.25) is 0 Å². The van der Waals surface area contributed by atoms with E-state index in [0.717, 1.165) is 15.1 Å². The second-order valence-electron chi connectivity index (χ2n) is 7.16. The number of hydrogen-bond acceptors (Lipinski definition) is 1. The van der Waals surface area contributed by atoms with E-state index >= 15 is 0 Å². The average molecular weight is 594 g/mol. The fraction of sp³-hybridized carbons (Fsp3) is 0.0345. The summed E-state index contributed by atoms with van der Waals surface area (Å²) in [5, 5.41) is 5.46. The monoisotopic (exact) mass is 591 g/mol. The Labute approximate surface area is 242 Å². The summed E-state index contributed by atoms with van der Waals surface area (Å²) in [6, 6.07) is 42.9. The van der Waals surface area contributed by atoms with Crippen molar-refractivity contribution in [1.82, 2.24) is 0 Å². The summed E-state index contributed by atoms with van der Waals surface area (Å²) < 4.78 is 0. The quantitative estimate of drug-likeness (QED) is 0.216. The van der Waals surface area contributed by atoms with Crippen LogP contribution in [0.4, 0.5) is 0 Å². The van der Waals surface area contributed by atoms with Crippen LogP contribution in [-0.4, -0.2) is 15.4 Å². The molecule has 0 saturated heterocycles. The van der Waals surface area contributed by atoms with E-state index in [1.54, 1.807) is 12.1 Å². The minimum atomic E-state index is -0.613. The molecule has 1 amide bonds. The predicted molar refractivity (Wildman–Crippen MR) is 137 cm³/mol. The Morgan fingerprint density at radius 2 is 1.17 bits per heavy atom. The number of aryl methyl sites for hydroxylation is 1. The zero-order valence-corrected chi connectivity index (χ0v) is 24.3. The third-order valence-corrected chi connectivity index (χ3v) is 6.02. The van der Waals surface area contributed by atoms with Gasteiger partial charge in [0.2, 0.25) is 0 Å². The van der Waals surface area contributed by atoms with Gasteiger partial charge in [-0.2, -0.15) is 17.5 Å². The van der Waals surface area contributed by atoms with Crippen molar-refractivity contribution in [2.45, 2.75) is 6.92 Å². The molecular weight excluding hydrogens is 569 g/mol. The average Bonchev–Trinajstić information content (AvgIpc) is 3.30. The van der Waals surface area contributed by atoms with E-state index in [1.807, 2.05) is 19.1 Å². The van der Waals surface area contributed by atoms with Crippen molar-refractivity contribution in [2.75, 3.05) is 0 Å². The van der Waals surface area contributed by atoms with Crippen molar-refractivity contribution in [3.8, 4) is 0 Å². The van der Waals surface area contributed by atoms with Crippen LogP contribution >= 0.6 is 0 Å². The van der Waals surface area contributed by atoms with Gasteiger partial charge in [-0.15, -0.1) is 29.7 Å². The van der Waals surface area contributed by atoms with Crippen LogP contribution in [0.15, 0.2) is 127 Å². The second-order valence-corrected chi connectivity index (χ2v) is 8.56. The molecular formula is C29H25Cl2NOSiZr. The summed E-state index contributed by atoms with van der Waals surface area (Å²) in [6.07, 6.45) is 0. The van der Waals surface area contributed by atoms with Gasteiger partial charge in [0.05, 0.1) is 5.91 Å². The number of hydrogen-bond donors (Lipinski definition) is 0. The number of fused-ring (bicyclic) bond motifs is 1. The van der Waals surface area contributed by atoms with Gasteiger partial charge in [-0.3, -0.25) is 0 Å². The van der Waals surface area contributed by atoms with Crippen molar-refractivity contribution in [3.63, 3.8) is 0 Å². The third-order valence-electron chi connectivity index (χ3n) is 4.77. The van der Waals surface area contributed by atoms with Crippen molar-refractivity contribution >= 4 is 36.6 Å². The van der Waals surface area contributed by atoms with Gasteiger partial charge in [0.1, 0.15) is 9.52 Å². The Balaban J connectivity index is 0.000000483. The van der Waals surface area contributed by atoms with Crippen molar-refractivity contribution in [3.05, 3.63) is 144 Å². The number of amides is 1.